The summed E-state index contributed by atoms with van der Waals surface area (Å²) in [6.45, 7) is 9.36. The molecule has 1 nitrogen and oxygen atoms in total. The standard InChI is InChI=1S/C46H39N/c1-45(2,36-18-9-6-10-19-36)37-24-28-39(29-25-37)47(38-26-22-33(23-27-38)32-14-7-5-8-15-32)43-21-13-20-41-44(43)40-30-34-16-11-12-17-35(34)31-42(40)46(41,3)4/h5-31H,1-4H3. The van der Waals surface area contributed by atoms with Gasteiger partial charge in [0.2, 0.25) is 0 Å². The Morgan fingerprint density at radius 1 is 0.468 bits per heavy atom. The summed E-state index contributed by atoms with van der Waals surface area (Å²) in [6, 6.07) is 60.1. The normalized spacial score (nSPS) is 13.3. The second kappa shape index (κ2) is 11.1. The molecule has 0 aliphatic heterocycles. The first-order valence-electron chi connectivity index (χ1n) is 16.6. The van der Waals surface area contributed by atoms with E-state index in [0.29, 0.717) is 0 Å². The number of anilines is 3. The lowest BCUT2D eigenvalue weighted by molar-refractivity contribution is 0.641. The van der Waals surface area contributed by atoms with Crippen LogP contribution in [0.4, 0.5) is 17.1 Å². The fourth-order valence-corrected chi connectivity index (χ4v) is 7.55. The summed E-state index contributed by atoms with van der Waals surface area (Å²) in [5, 5.41) is 2.56. The van der Waals surface area contributed by atoms with E-state index in [2.05, 4.69) is 196 Å². The topological polar surface area (TPSA) is 3.24 Å². The maximum Gasteiger partial charge on any atom is 0.0543 e. The molecule has 7 aromatic carbocycles. The van der Waals surface area contributed by atoms with Gasteiger partial charge in [-0.3, -0.25) is 0 Å². The Morgan fingerprint density at radius 2 is 1.00 bits per heavy atom. The van der Waals surface area contributed by atoms with Gasteiger partial charge in [-0.15, -0.1) is 0 Å². The van der Waals surface area contributed by atoms with E-state index in [1.165, 1.54) is 61.0 Å². The molecule has 0 amide bonds. The zero-order valence-electron chi connectivity index (χ0n) is 27.5. The lowest BCUT2D eigenvalue weighted by Gasteiger charge is -2.30. The fourth-order valence-electron chi connectivity index (χ4n) is 7.55. The number of hydrogen-bond donors (Lipinski definition) is 0. The number of nitrogens with zero attached hydrogens (tertiary/aromatic N) is 1. The van der Waals surface area contributed by atoms with Crippen LogP contribution in [0.2, 0.25) is 0 Å². The van der Waals surface area contributed by atoms with Crippen molar-refractivity contribution in [3.8, 4) is 22.3 Å². The van der Waals surface area contributed by atoms with Gasteiger partial charge in [0, 0.05) is 27.8 Å². The van der Waals surface area contributed by atoms with Gasteiger partial charge in [-0.2, -0.15) is 0 Å². The molecule has 47 heavy (non-hydrogen) atoms. The van der Waals surface area contributed by atoms with E-state index in [4.69, 9.17) is 0 Å². The zero-order valence-corrected chi connectivity index (χ0v) is 27.5. The van der Waals surface area contributed by atoms with Crippen LogP contribution in [0, 0.1) is 0 Å². The molecule has 0 radical (unpaired) electrons. The molecule has 1 heteroatoms. The van der Waals surface area contributed by atoms with Gasteiger partial charge < -0.3 is 4.90 Å². The molecule has 0 N–H and O–H groups in total. The van der Waals surface area contributed by atoms with Crippen LogP contribution in [-0.2, 0) is 10.8 Å². The van der Waals surface area contributed by atoms with E-state index in [1.54, 1.807) is 0 Å². The summed E-state index contributed by atoms with van der Waals surface area (Å²) in [7, 11) is 0. The highest BCUT2D eigenvalue weighted by molar-refractivity contribution is 5.99. The highest BCUT2D eigenvalue weighted by Gasteiger charge is 2.38. The molecule has 0 saturated heterocycles. The van der Waals surface area contributed by atoms with Gasteiger partial charge in [0.05, 0.1) is 5.69 Å². The van der Waals surface area contributed by atoms with Gasteiger partial charge in [-0.25, -0.2) is 0 Å². The van der Waals surface area contributed by atoms with Crippen LogP contribution in [0.5, 0.6) is 0 Å². The lowest BCUT2D eigenvalue weighted by Crippen LogP contribution is -2.19. The van der Waals surface area contributed by atoms with Gasteiger partial charge in [0.25, 0.3) is 0 Å². The van der Waals surface area contributed by atoms with Gasteiger partial charge in [0.15, 0.2) is 0 Å². The summed E-state index contributed by atoms with van der Waals surface area (Å²) in [4.78, 5) is 2.45. The van der Waals surface area contributed by atoms with E-state index in [1.807, 2.05) is 0 Å². The Hall–Kier alpha value is -5.40. The molecular weight excluding hydrogens is 567 g/mol. The number of rotatable bonds is 6. The van der Waals surface area contributed by atoms with E-state index >= 15 is 0 Å². The predicted molar refractivity (Wildman–Crippen MR) is 200 cm³/mol. The van der Waals surface area contributed by atoms with Crippen LogP contribution in [0.25, 0.3) is 33.0 Å². The van der Waals surface area contributed by atoms with Crippen LogP contribution < -0.4 is 4.90 Å². The zero-order chi connectivity index (χ0) is 32.2. The maximum atomic E-state index is 2.45. The molecule has 8 rings (SSSR count). The van der Waals surface area contributed by atoms with Crippen molar-refractivity contribution >= 4 is 27.8 Å². The molecule has 0 atom stereocenters. The maximum absolute atomic E-state index is 2.45. The second-order valence-electron chi connectivity index (χ2n) is 13.9. The molecule has 0 fully saturated rings. The third-order valence-electron chi connectivity index (χ3n) is 10.4. The number of fused-ring (bicyclic) bond motifs is 4. The smallest absolute Gasteiger partial charge is 0.0543 e. The first-order valence-corrected chi connectivity index (χ1v) is 16.6. The van der Waals surface area contributed by atoms with Crippen molar-refractivity contribution in [3.05, 3.63) is 186 Å². The Bertz CT molecular complexity index is 2210. The van der Waals surface area contributed by atoms with Crippen LogP contribution >= 0.6 is 0 Å². The minimum atomic E-state index is -0.114. The van der Waals surface area contributed by atoms with Crippen molar-refractivity contribution < 1.29 is 0 Å². The monoisotopic (exact) mass is 605 g/mol. The van der Waals surface area contributed by atoms with E-state index < -0.39 is 0 Å². The second-order valence-corrected chi connectivity index (χ2v) is 13.9. The Kier molecular flexibility index (Phi) is 6.88. The summed E-state index contributed by atoms with van der Waals surface area (Å²) in [5.74, 6) is 0. The van der Waals surface area contributed by atoms with Crippen LogP contribution in [-0.4, -0.2) is 0 Å². The molecule has 0 saturated carbocycles. The van der Waals surface area contributed by atoms with E-state index in [-0.39, 0.29) is 10.8 Å². The summed E-state index contributed by atoms with van der Waals surface area (Å²) >= 11 is 0. The van der Waals surface area contributed by atoms with Gasteiger partial charge in [-0.05, 0) is 92.2 Å². The van der Waals surface area contributed by atoms with Crippen LogP contribution in [0.15, 0.2) is 164 Å². The highest BCUT2D eigenvalue weighted by atomic mass is 15.1. The molecule has 0 unspecified atom stereocenters. The molecule has 0 aromatic heterocycles. The lowest BCUT2D eigenvalue weighted by atomic mass is 9.78. The molecule has 0 heterocycles. The number of hydrogen-bond acceptors (Lipinski definition) is 1. The third-order valence-corrected chi connectivity index (χ3v) is 10.4. The number of benzene rings is 7. The predicted octanol–water partition coefficient (Wildman–Crippen LogP) is 12.6. The van der Waals surface area contributed by atoms with Crippen molar-refractivity contribution in [2.75, 3.05) is 4.90 Å². The fraction of sp³-hybridized carbons (Fsp3) is 0.130. The summed E-state index contributed by atoms with van der Waals surface area (Å²) in [6.07, 6.45) is 0. The van der Waals surface area contributed by atoms with Crippen molar-refractivity contribution in [1.82, 2.24) is 0 Å². The Balaban J connectivity index is 1.31. The molecule has 7 aromatic rings. The SMILES string of the molecule is CC(C)(c1ccccc1)c1ccc(N(c2ccc(-c3ccccc3)cc2)c2cccc3c2-c2cc4ccccc4cc2C3(C)C)cc1. The minimum absolute atomic E-state index is 0.111. The first kappa shape index (κ1) is 29.0. The van der Waals surface area contributed by atoms with Crippen LogP contribution in [0.1, 0.15) is 49.9 Å². The Morgan fingerprint density at radius 3 is 1.66 bits per heavy atom. The highest BCUT2D eigenvalue weighted by Crippen LogP contribution is 2.55. The van der Waals surface area contributed by atoms with Crippen LogP contribution in [0.3, 0.4) is 0 Å². The van der Waals surface area contributed by atoms with Crippen molar-refractivity contribution in [2.45, 2.75) is 38.5 Å². The quantitative estimate of drug-likeness (QED) is 0.182. The van der Waals surface area contributed by atoms with E-state index in [9.17, 15) is 0 Å². The van der Waals surface area contributed by atoms with Gasteiger partial charge in [0.1, 0.15) is 0 Å². The minimum Gasteiger partial charge on any atom is -0.310 e. The first-order chi connectivity index (χ1) is 22.8. The average molecular weight is 606 g/mol. The summed E-state index contributed by atoms with van der Waals surface area (Å²) < 4.78 is 0. The Labute approximate surface area is 278 Å². The molecule has 0 spiro atoms. The van der Waals surface area contributed by atoms with Gasteiger partial charge >= 0.3 is 0 Å². The van der Waals surface area contributed by atoms with E-state index in [0.717, 1.165) is 11.4 Å². The third kappa shape index (κ3) is 4.86. The molecule has 1 aliphatic carbocycles. The molecule has 0 bridgehead atoms. The molecule has 1 aliphatic rings. The molecular formula is C46H39N. The molecule has 228 valence electrons. The van der Waals surface area contributed by atoms with Crippen molar-refractivity contribution in [3.63, 3.8) is 0 Å². The largest absolute Gasteiger partial charge is 0.310 e. The van der Waals surface area contributed by atoms with Crippen molar-refractivity contribution in [2.24, 2.45) is 0 Å². The van der Waals surface area contributed by atoms with Gasteiger partial charge in [-0.1, -0.05) is 149 Å². The average Bonchev–Trinajstić information content (AvgIpc) is 3.34. The summed E-state index contributed by atoms with van der Waals surface area (Å²) in [5.41, 5.74) is 13.7. The van der Waals surface area contributed by atoms with Crippen molar-refractivity contribution in [1.29, 1.82) is 0 Å².